The van der Waals surface area contributed by atoms with Gasteiger partial charge >= 0.3 is 5.97 Å². The van der Waals surface area contributed by atoms with Gasteiger partial charge in [-0.05, 0) is 56.7 Å². The first-order valence-corrected chi connectivity index (χ1v) is 11.4. The van der Waals surface area contributed by atoms with Crippen LogP contribution in [0.25, 0.3) is 0 Å². The second kappa shape index (κ2) is 9.89. The SMILES string of the molecule is CCOc1cc(C(c2c(C)[nH][nH]c2=O)c2c(C)[nH][nH]c2=O)ccc1OC(=O)c1ccc(Cl)cc1Cl. The first-order chi connectivity index (χ1) is 16.7. The molecular weight excluding hydrogens is 495 g/mol. The first kappa shape index (κ1) is 24.4. The van der Waals surface area contributed by atoms with E-state index >= 15 is 0 Å². The van der Waals surface area contributed by atoms with Gasteiger partial charge in [0.25, 0.3) is 11.1 Å². The summed E-state index contributed by atoms with van der Waals surface area (Å²) in [7, 11) is 0. The van der Waals surface area contributed by atoms with Gasteiger partial charge in [-0.3, -0.25) is 19.8 Å². The number of nitrogens with one attached hydrogen (secondary N) is 4. The number of aryl methyl sites for hydroxylation is 2. The number of benzene rings is 2. The Morgan fingerprint density at radius 1 is 0.886 bits per heavy atom. The summed E-state index contributed by atoms with van der Waals surface area (Å²) in [6.07, 6.45) is 0. The van der Waals surface area contributed by atoms with Crippen LogP contribution >= 0.6 is 23.2 Å². The number of H-pyrrole nitrogens is 4. The molecule has 0 bridgehead atoms. The fraction of sp³-hybridized carbons (Fsp3) is 0.208. The molecule has 2 aromatic heterocycles. The Bertz CT molecular complexity index is 1460. The zero-order valence-electron chi connectivity index (χ0n) is 19.0. The van der Waals surface area contributed by atoms with Crippen LogP contribution in [0.5, 0.6) is 11.5 Å². The van der Waals surface area contributed by atoms with E-state index < -0.39 is 11.9 Å². The van der Waals surface area contributed by atoms with Gasteiger partial charge in [0.15, 0.2) is 11.5 Å². The van der Waals surface area contributed by atoms with Crippen molar-refractivity contribution in [3.8, 4) is 11.5 Å². The molecule has 11 heteroatoms. The summed E-state index contributed by atoms with van der Waals surface area (Å²) in [6, 6.07) is 9.34. The summed E-state index contributed by atoms with van der Waals surface area (Å²) in [4.78, 5) is 38.1. The topological polar surface area (TPSA) is 133 Å². The molecule has 2 heterocycles. The van der Waals surface area contributed by atoms with Crippen molar-refractivity contribution in [3.63, 3.8) is 0 Å². The second-order valence-electron chi connectivity index (χ2n) is 7.82. The average molecular weight is 517 g/mol. The second-order valence-corrected chi connectivity index (χ2v) is 8.67. The minimum Gasteiger partial charge on any atom is -0.490 e. The van der Waals surface area contributed by atoms with Gasteiger partial charge in [-0.15, -0.1) is 0 Å². The maximum atomic E-state index is 12.8. The molecule has 0 unspecified atom stereocenters. The number of carbonyl (C=O) groups is 1. The van der Waals surface area contributed by atoms with E-state index in [0.717, 1.165) is 0 Å². The summed E-state index contributed by atoms with van der Waals surface area (Å²) in [5.41, 5.74) is 1.99. The highest BCUT2D eigenvalue weighted by Crippen LogP contribution is 2.37. The molecule has 0 atom stereocenters. The molecule has 0 saturated heterocycles. The lowest BCUT2D eigenvalue weighted by molar-refractivity contribution is 0.0728. The number of ether oxygens (including phenoxy) is 2. The zero-order valence-corrected chi connectivity index (χ0v) is 20.6. The van der Waals surface area contributed by atoms with Crippen molar-refractivity contribution in [2.24, 2.45) is 0 Å². The van der Waals surface area contributed by atoms with Crippen molar-refractivity contribution in [3.05, 3.63) is 101 Å². The van der Waals surface area contributed by atoms with Crippen LogP contribution in [-0.2, 0) is 0 Å². The molecule has 0 amide bonds. The molecule has 4 N–H and O–H groups in total. The van der Waals surface area contributed by atoms with Gasteiger partial charge in [-0.2, -0.15) is 0 Å². The molecule has 0 aliphatic rings. The van der Waals surface area contributed by atoms with E-state index in [4.69, 9.17) is 32.7 Å². The number of hydrogen-bond acceptors (Lipinski definition) is 5. The summed E-state index contributed by atoms with van der Waals surface area (Å²) >= 11 is 12.1. The van der Waals surface area contributed by atoms with E-state index in [-0.39, 0.29) is 39.8 Å². The number of esters is 1. The van der Waals surface area contributed by atoms with Gasteiger partial charge in [0.2, 0.25) is 0 Å². The number of aromatic nitrogens is 4. The van der Waals surface area contributed by atoms with Crippen LogP contribution in [-0.4, -0.2) is 33.0 Å². The van der Waals surface area contributed by atoms with Crippen LogP contribution in [0.1, 0.15) is 51.3 Å². The van der Waals surface area contributed by atoms with Crippen LogP contribution < -0.4 is 20.6 Å². The van der Waals surface area contributed by atoms with Gasteiger partial charge in [0.05, 0.1) is 28.3 Å². The molecule has 0 saturated carbocycles. The minimum atomic E-state index is -0.713. The van der Waals surface area contributed by atoms with E-state index in [0.29, 0.717) is 33.1 Å². The van der Waals surface area contributed by atoms with Crippen molar-refractivity contribution in [2.45, 2.75) is 26.7 Å². The van der Waals surface area contributed by atoms with Crippen LogP contribution in [0, 0.1) is 13.8 Å². The molecule has 4 rings (SSSR count). The third-order valence-corrected chi connectivity index (χ3v) is 6.10. The van der Waals surface area contributed by atoms with Gasteiger partial charge < -0.3 is 19.7 Å². The highest BCUT2D eigenvalue weighted by atomic mass is 35.5. The maximum absolute atomic E-state index is 12.8. The van der Waals surface area contributed by atoms with Gasteiger partial charge in [0.1, 0.15) is 0 Å². The lowest BCUT2D eigenvalue weighted by atomic mass is 9.85. The Morgan fingerprint density at radius 3 is 2.03 bits per heavy atom. The number of carbonyl (C=O) groups excluding carboxylic acids is 1. The number of aromatic amines is 4. The normalized spacial score (nSPS) is 11.1. The molecule has 0 aliphatic carbocycles. The monoisotopic (exact) mass is 516 g/mol. The molecule has 0 aliphatic heterocycles. The standard InChI is InChI=1S/C24H22Cl2N4O5/c1-4-34-18-9-13(5-8-17(18)35-24(33)15-7-6-14(25)10-16(15)26)21(19-11(2)27-29-22(19)31)20-12(3)28-30-23(20)32/h5-10,21H,4H2,1-3H3,(H2,27,29,31)(H2,28,30,32). The van der Waals surface area contributed by atoms with E-state index in [1.807, 2.05) is 0 Å². The molecule has 0 spiro atoms. The highest BCUT2D eigenvalue weighted by Gasteiger charge is 2.29. The number of hydrogen-bond donors (Lipinski definition) is 4. The third-order valence-electron chi connectivity index (χ3n) is 5.56. The van der Waals surface area contributed by atoms with E-state index in [1.165, 1.54) is 18.2 Å². The lowest BCUT2D eigenvalue weighted by Gasteiger charge is -2.18. The van der Waals surface area contributed by atoms with E-state index in [9.17, 15) is 14.4 Å². The molecule has 9 nitrogen and oxygen atoms in total. The Hall–Kier alpha value is -3.69. The van der Waals surface area contributed by atoms with E-state index in [1.54, 1.807) is 39.0 Å². The zero-order chi connectivity index (χ0) is 25.3. The largest absolute Gasteiger partial charge is 0.490 e. The summed E-state index contributed by atoms with van der Waals surface area (Å²) in [5, 5.41) is 11.3. The fourth-order valence-electron chi connectivity index (χ4n) is 3.95. The molecule has 0 radical (unpaired) electrons. The highest BCUT2D eigenvalue weighted by molar-refractivity contribution is 6.36. The fourth-order valence-corrected chi connectivity index (χ4v) is 4.44. The summed E-state index contributed by atoms with van der Waals surface area (Å²) in [6.45, 7) is 5.56. The molecule has 2 aromatic carbocycles. The molecule has 35 heavy (non-hydrogen) atoms. The van der Waals surface area contributed by atoms with Crippen LogP contribution in [0.15, 0.2) is 46.0 Å². The summed E-state index contributed by atoms with van der Waals surface area (Å²) in [5.74, 6) is -0.977. The van der Waals surface area contributed by atoms with Crippen LogP contribution in [0.3, 0.4) is 0 Å². The molecule has 4 aromatic rings. The van der Waals surface area contributed by atoms with Gasteiger partial charge in [-0.1, -0.05) is 29.3 Å². The third kappa shape index (κ3) is 4.78. The quantitative estimate of drug-likeness (QED) is 0.213. The number of halogens is 2. The molecule has 182 valence electrons. The Kier molecular flexibility index (Phi) is 6.90. The average Bonchev–Trinajstić information content (AvgIpc) is 3.31. The van der Waals surface area contributed by atoms with Crippen molar-refractivity contribution in [1.29, 1.82) is 0 Å². The van der Waals surface area contributed by atoms with Crippen molar-refractivity contribution < 1.29 is 14.3 Å². The Morgan fingerprint density at radius 2 is 1.51 bits per heavy atom. The molecular formula is C24H22Cl2N4O5. The van der Waals surface area contributed by atoms with Crippen molar-refractivity contribution in [2.75, 3.05) is 6.61 Å². The van der Waals surface area contributed by atoms with E-state index in [2.05, 4.69) is 20.4 Å². The lowest BCUT2D eigenvalue weighted by Crippen LogP contribution is -2.20. The smallest absolute Gasteiger partial charge is 0.345 e. The van der Waals surface area contributed by atoms with Gasteiger partial charge in [-0.25, -0.2) is 4.79 Å². The Labute approximate surface area is 209 Å². The molecule has 0 fully saturated rings. The first-order valence-electron chi connectivity index (χ1n) is 10.7. The van der Waals surface area contributed by atoms with Gasteiger partial charge in [0, 0.05) is 22.3 Å². The number of rotatable bonds is 7. The Balaban J connectivity index is 1.80. The van der Waals surface area contributed by atoms with Crippen LogP contribution in [0.4, 0.5) is 0 Å². The predicted molar refractivity (Wildman–Crippen MR) is 132 cm³/mol. The summed E-state index contributed by atoms with van der Waals surface area (Å²) < 4.78 is 11.3. The predicted octanol–water partition coefficient (Wildman–Crippen LogP) is 4.44. The van der Waals surface area contributed by atoms with Crippen molar-refractivity contribution in [1.82, 2.24) is 20.4 Å². The maximum Gasteiger partial charge on any atom is 0.345 e. The minimum absolute atomic E-state index is 0.143. The van der Waals surface area contributed by atoms with Crippen molar-refractivity contribution >= 4 is 29.2 Å². The van der Waals surface area contributed by atoms with Crippen LogP contribution in [0.2, 0.25) is 10.0 Å².